The number of likely N-dealkylation sites (tertiary alicyclic amines) is 1. The molecule has 166 valence electrons. The van der Waals surface area contributed by atoms with Crippen LogP contribution in [0.25, 0.3) is 0 Å². The predicted molar refractivity (Wildman–Crippen MR) is 116 cm³/mol. The smallest absolute Gasteiger partial charge is 0.290 e. The number of hydrogen-bond donors (Lipinski definition) is 3. The zero-order chi connectivity index (χ0) is 21.8. The van der Waals surface area contributed by atoms with Gasteiger partial charge in [0.1, 0.15) is 5.69 Å². The van der Waals surface area contributed by atoms with Crippen LogP contribution >= 0.6 is 11.3 Å². The van der Waals surface area contributed by atoms with Crippen LogP contribution in [0.3, 0.4) is 0 Å². The summed E-state index contributed by atoms with van der Waals surface area (Å²) in [4.78, 5) is 43.6. The van der Waals surface area contributed by atoms with E-state index in [1.807, 2.05) is 4.90 Å². The molecule has 3 N–H and O–H groups in total. The van der Waals surface area contributed by atoms with Gasteiger partial charge in [-0.25, -0.2) is 4.98 Å². The van der Waals surface area contributed by atoms with Crippen LogP contribution in [0.2, 0.25) is 0 Å². The SMILES string of the molecule is Cc1cc(C(=O)NNC(=O)c2csc(C3CCN(C(=O)C4CCCCC4)CC3)n2)n[nH]1. The molecule has 1 saturated heterocycles. The lowest BCUT2D eigenvalue weighted by Gasteiger charge is -2.34. The number of aromatic amines is 1. The van der Waals surface area contributed by atoms with E-state index in [9.17, 15) is 14.4 Å². The number of aryl methyl sites for hydroxylation is 1. The molecule has 9 nitrogen and oxygen atoms in total. The molecule has 0 bridgehead atoms. The second-order valence-electron chi connectivity index (χ2n) is 8.35. The van der Waals surface area contributed by atoms with Crippen LogP contribution in [-0.4, -0.2) is 50.9 Å². The van der Waals surface area contributed by atoms with Crippen LogP contribution in [0.5, 0.6) is 0 Å². The fraction of sp³-hybridized carbons (Fsp3) is 0.571. The van der Waals surface area contributed by atoms with Crippen molar-refractivity contribution >= 4 is 29.1 Å². The van der Waals surface area contributed by atoms with Crippen LogP contribution in [0.1, 0.15) is 82.5 Å². The topological polar surface area (TPSA) is 120 Å². The molecule has 10 heteroatoms. The van der Waals surface area contributed by atoms with Gasteiger partial charge in [-0.1, -0.05) is 19.3 Å². The van der Waals surface area contributed by atoms with E-state index >= 15 is 0 Å². The summed E-state index contributed by atoms with van der Waals surface area (Å²) in [5.41, 5.74) is 5.96. The number of nitrogens with zero attached hydrogens (tertiary/aromatic N) is 3. The van der Waals surface area contributed by atoms with E-state index in [0.29, 0.717) is 5.91 Å². The molecule has 2 fully saturated rings. The number of aromatic nitrogens is 3. The third kappa shape index (κ3) is 5.12. The zero-order valence-electron chi connectivity index (χ0n) is 17.6. The maximum absolute atomic E-state index is 12.7. The van der Waals surface area contributed by atoms with Crippen LogP contribution in [0.15, 0.2) is 11.4 Å². The number of piperidine rings is 1. The van der Waals surface area contributed by atoms with Crippen LogP contribution in [-0.2, 0) is 4.79 Å². The van der Waals surface area contributed by atoms with Gasteiger partial charge >= 0.3 is 0 Å². The second-order valence-corrected chi connectivity index (χ2v) is 9.24. The molecule has 0 atom stereocenters. The summed E-state index contributed by atoms with van der Waals surface area (Å²) in [6.45, 7) is 3.29. The molecule has 0 aromatic carbocycles. The highest BCUT2D eigenvalue weighted by molar-refractivity contribution is 7.09. The summed E-state index contributed by atoms with van der Waals surface area (Å²) in [6, 6.07) is 1.59. The first kappa shape index (κ1) is 21.5. The lowest BCUT2D eigenvalue weighted by Crippen LogP contribution is -2.42. The van der Waals surface area contributed by atoms with E-state index in [-0.39, 0.29) is 23.2 Å². The van der Waals surface area contributed by atoms with Gasteiger partial charge < -0.3 is 4.90 Å². The van der Waals surface area contributed by atoms with Gasteiger partial charge in [0.2, 0.25) is 5.91 Å². The molecular weight excluding hydrogens is 416 g/mol. The summed E-state index contributed by atoms with van der Waals surface area (Å²) in [5.74, 6) is -0.180. The van der Waals surface area contributed by atoms with E-state index in [1.54, 1.807) is 18.4 Å². The average Bonchev–Trinajstić information content (AvgIpc) is 3.47. The Hall–Kier alpha value is -2.75. The molecule has 2 aromatic heterocycles. The van der Waals surface area contributed by atoms with Gasteiger partial charge in [0.05, 0.1) is 5.01 Å². The molecule has 3 amide bonds. The molecule has 1 aliphatic heterocycles. The van der Waals surface area contributed by atoms with Gasteiger partial charge in [-0.15, -0.1) is 11.3 Å². The minimum Gasteiger partial charge on any atom is -0.342 e. The summed E-state index contributed by atoms with van der Waals surface area (Å²) < 4.78 is 0. The molecule has 0 spiro atoms. The Labute approximate surface area is 185 Å². The third-order valence-corrected chi connectivity index (χ3v) is 7.10. The molecule has 3 heterocycles. The summed E-state index contributed by atoms with van der Waals surface area (Å²) in [5, 5.41) is 9.14. The fourth-order valence-electron chi connectivity index (χ4n) is 4.31. The van der Waals surface area contributed by atoms with Crippen LogP contribution in [0.4, 0.5) is 0 Å². The van der Waals surface area contributed by atoms with E-state index in [0.717, 1.165) is 49.5 Å². The molecule has 31 heavy (non-hydrogen) atoms. The van der Waals surface area contributed by atoms with E-state index < -0.39 is 11.8 Å². The second kappa shape index (κ2) is 9.59. The highest BCUT2D eigenvalue weighted by Crippen LogP contribution is 2.32. The number of hydrazine groups is 1. The zero-order valence-corrected chi connectivity index (χ0v) is 18.5. The monoisotopic (exact) mass is 444 g/mol. The van der Waals surface area contributed by atoms with Crippen molar-refractivity contribution in [3.8, 4) is 0 Å². The van der Waals surface area contributed by atoms with Crippen molar-refractivity contribution in [1.82, 2.24) is 30.9 Å². The number of nitrogens with one attached hydrogen (secondary N) is 3. The number of rotatable bonds is 4. The molecule has 2 aromatic rings. The number of H-pyrrole nitrogens is 1. The van der Waals surface area contributed by atoms with Crippen molar-refractivity contribution < 1.29 is 14.4 Å². The van der Waals surface area contributed by atoms with Crippen molar-refractivity contribution in [3.05, 3.63) is 33.5 Å². The number of carbonyl (C=O) groups excluding carboxylic acids is 3. The highest BCUT2D eigenvalue weighted by atomic mass is 32.1. The van der Waals surface area contributed by atoms with Gasteiger partial charge in [-0.05, 0) is 38.7 Å². The van der Waals surface area contributed by atoms with Gasteiger partial charge in [0.25, 0.3) is 11.8 Å². The third-order valence-electron chi connectivity index (χ3n) is 6.09. The average molecular weight is 445 g/mol. The Morgan fingerprint density at radius 1 is 1.03 bits per heavy atom. The number of hydrogen-bond acceptors (Lipinski definition) is 6. The van der Waals surface area contributed by atoms with E-state index in [2.05, 4.69) is 26.0 Å². The van der Waals surface area contributed by atoms with Crippen molar-refractivity contribution in [3.63, 3.8) is 0 Å². The van der Waals surface area contributed by atoms with Crippen LogP contribution in [0, 0.1) is 12.8 Å². The first-order chi connectivity index (χ1) is 15.0. The number of carbonyl (C=O) groups is 3. The maximum atomic E-state index is 12.7. The molecule has 1 saturated carbocycles. The normalized spacial score (nSPS) is 18.0. The van der Waals surface area contributed by atoms with Crippen LogP contribution < -0.4 is 10.9 Å². The first-order valence-electron chi connectivity index (χ1n) is 10.9. The van der Waals surface area contributed by atoms with Crippen molar-refractivity contribution in [2.75, 3.05) is 13.1 Å². The lowest BCUT2D eigenvalue weighted by molar-refractivity contribution is -0.137. The lowest BCUT2D eigenvalue weighted by atomic mass is 9.87. The van der Waals surface area contributed by atoms with E-state index in [1.165, 1.54) is 30.6 Å². The Balaban J connectivity index is 1.26. The summed E-state index contributed by atoms with van der Waals surface area (Å²) in [7, 11) is 0. The highest BCUT2D eigenvalue weighted by Gasteiger charge is 2.30. The van der Waals surface area contributed by atoms with Crippen molar-refractivity contribution in [2.45, 2.75) is 57.8 Å². The molecule has 1 aliphatic carbocycles. The first-order valence-corrected chi connectivity index (χ1v) is 11.8. The molecule has 0 radical (unpaired) electrons. The quantitative estimate of drug-likeness (QED) is 0.626. The number of amides is 3. The maximum Gasteiger partial charge on any atom is 0.290 e. The Bertz CT molecular complexity index is 941. The Morgan fingerprint density at radius 3 is 2.35 bits per heavy atom. The predicted octanol–water partition coefficient (Wildman–Crippen LogP) is 2.54. The molecule has 4 rings (SSSR count). The molecule has 0 unspecified atom stereocenters. The van der Waals surface area contributed by atoms with Gasteiger partial charge in [0, 0.05) is 36.0 Å². The largest absolute Gasteiger partial charge is 0.342 e. The minimum absolute atomic E-state index is 0.200. The Kier molecular flexibility index (Phi) is 6.64. The standard InChI is InChI=1S/C21H28N6O3S/c1-13-11-16(24-23-13)18(28)25-26-19(29)17-12-31-20(22-17)14-7-9-27(10-8-14)21(30)15-5-3-2-4-6-15/h11-12,14-15H,2-10H2,1H3,(H,23,24)(H,25,28)(H,26,29). The van der Waals surface area contributed by atoms with Crippen molar-refractivity contribution in [1.29, 1.82) is 0 Å². The van der Waals surface area contributed by atoms with Gasteiger partial charge in [-0.2, -0.15) is 5.10 Å². The molecular formula is C21H28N6O3S. The fourth-order valence-corrected chi connectivity index (χ4v) is 5.28. The Morgan fingerprint density at radius 2 is 1.71 bits per heavy atom. The van der Waals surface area contributed by atoms with Crippen molar-refractivity contribution in [2.24, 2.45) is 5.92 Å². The van der Waals surface area contributed by atoms with Gasteiger partial charge in [0.15, 0.2) is 5.69 Å². The summed E-state index contributed by atoms with van der Waals surface area (Å²) >= 11 is 1.45. The van der Waals surface area contributed by atoms with E-state index in [4.69, 9.17) is 0 Å². The molecule has 2 aliphatic rings. The minimum atomic E-state index is -0.497. The number of thiazole rings is 1. The summed E-state index contributed by atoms with van der Waals surface area (Å²) in [6.07, 6.45) is 7.36. The van der Waals surface area contributed by atoms with Gasteiger partial charge in [-0.3, -0.25) is 30.3 Å².